The first-order valence-electron chi connectivity index (χ1n) is 7.85. The molecule has 0 heterocycles. The Morgan fingerprint density at radius 2 is 1.85 bits per heavy atom. The summed E-state index contributed by atoms with van der Waals surface area (Å²) in [6.45, 7) is 9.33. The summed E-state index contributed by atoms with van der Waals surface area (Å²) in [6.07, 6.45) is 3.93. The van der Waals surface area contributed by atoms with Crippen LogP contribution in [-0.4, -0.2) is 18.3 Å². The molecule has 2 heteroatoms. The van der Waals surface area contributed by atoms with Crippen molar-refractivity contribution in [2.45, 2.75) is 69.1 Å². The van der Waals surface area contributed by atoms with E-state index in [0.29, 0.717) is 22.6 Å². The van der Waals surface area contributed by atoms with Gasteiger partial charge in [-0.2, -0.15) is 0 Å². The van der Waals surface area contributed by atoms with E-state index >= 15 is 0 Å². The van der Waals surface area contributed by atoms with E-state index in [9.17, 15) is 0 Å². The van der Waals surface area contributed by atoms with Crippen molar-refractivity contribution in [3.63, 3.8) is 0 Å². The molecule has 0 saturated heterocycles. The van der Waals surface area contributed by atoms with Crippen molar-refractivity contribution in [3.8, 4) is 0 Å². The first kappa shape index (κ1) is 15.9. The van der Waals surface area contributed by atoms with E-state index in [1.165, 1.54) is 29.7 Å². The summed E-state index contributed by atoms with van der Waals surface area (Å²) in [5, 5.41) is 4.21. The molecule has 20 heavy (non-hydrogen) atoms. The van der Waals surface area contributed by atoms with E-state index < -0.39 is 0 Å². The smallest absolute Gasteiger partial charge is 0.0253 e. The van der Waals surface area contributed by atoms with E-state index in [-0.39, 0.29) is 0 Å². The van der Waals surface area contributed by atoms with Crippen LogP contribution in [0.2, 0.25) is 0 Å². The first-order valence-corrected chi connectivity index (χ1v) is 8.73. The highest BCUT2D eigenvalue weighted by molar-refractivity contribution is 8.00. The third-order valence-electron chi connectivity index (χ3n) is 4.54. The second kappa shape index (κ2) is 6.53. The van der Waals surface area contributed by atoms with Crippen LogP contribution in [0.4, 0.5) is 0 Å². The van der Waals surface area contributed by atoms with Gasteiger partial charge in [0.2, 0.25) is 0 Å². The van der Waals surface area contributed by atoms with Gasteiger partial charge in [0, 0.05) is 16.2 Å². The Hall–Kier alpha value is -0.470. The van der Waals surface area contributed by atoms with E-state index in [0.717, 1.165) is 0 Å². The first-order chi connectivity index (χ1) is 9.41. The topological polar surface area (TPSA) is 12.0 Å². The third-order valence-corrected chi connectivity index (χ3v) is 5.88. The maximum Gasteiger partial charge on any atom is 0.0253 e. The molecule has 1 nitrogen and oxygen atoms in total. The highest BCUT2D eigenvalue weighted by Crippen LogP contribution is 2.42. The van der Waals surface area contributed by atoms with Crippen LogP contribution in [0, 0.1) is 5.41 Å². The molecule has 0 aliphatic heterocycles. The summed E-state index contributed by atoms with van der Waals surface area (Å²) < 4.78 is 0. The minimum Gasteiger partial charge on any atom is -0.316 e. The van der Waals surface area contributed by atoms with E-state index in [2.05, 4.69) is 76.1 Å². The highest BCUT2D eigenvalue weighted by atomic mass is 32.2. The summed E-state index contributed by atoms with van der Waals surface area (Å²) in [5.74, 6) is 0.618. The van der Waals surface area contributed by atoms with Crippen molar-refractivity contribution in [2.24, 2.45) is 5.41 Å². The van der Waals surface area contributed by atoms with Crippen LogP contribution >= 0.6 is 11.8 Å². The Morgan fingerprint density at radius 1 is 1.20 bits per heavy atom. The normalized spacial score (nSPS) is 25.9. The standard InChI is InChI=1S/C18H29NS/c1-13(2)14-6-8-15(9-7-14)20-17-12-18(3,4)11-10-16(17)19-5/h6-9,13,16-17,19H,10-12H2,1-5H3. The molecule has 1 aromatic carbocycles. The molecular weight excluding hydrogens is 262 g/mol. The maximum atomic E-state index is 3.52. The quantitative estimate of drug-likeness (QED) is 0.831. The summed E-state index contributed by atoms with van der Waals surface area (Å²) in [5.41, 5.74) is 1.92. The summed E-state index contributed by atoms with van der Waals surface area (Å²) in [6, 6.07) is 9.82. The molecule has 0 bridgehead atoms. The molecule has 1 saturated carbocycles. The van der Waals surface area contributed by atoms with Gasteiger partial charge in [-0.25, -0.2) is 0 Å². The van der Waals surface area contributed by atoms with Gasteiger partial charge in [0.05, 0.1) is 0 Å². The van der Waals surface area contributed by atoms with Crippen molar-refractivity contribution < 1.29 is 0 Å². The van der Waals surface area contributed by atoms with Crippen molar-refractivity contribution in [1.82, 2.24) is 5.32 Å². The van der Waals surface area contributed by atoms with Crippen LogP contribution in [0.15, 0.2) is 29.2 Å². The van der Waals surface area contributed by atoms with Crippen LogP contribution in [0.5, 0.6) is 0 Å². The van der Waals surface area contributed by atoms with E-state index in [4.69, 9.17) is 0 Å². The molecule has 1 aliphatic rings. The Morgan fingerprint density at radius 3 is 2.40 bits per heavy atom. The van der Waals surface area contributed by atoms with Gasteiger partial charge in [-0.15, -0.1) is 11.8 Å². The molecule has 1 aliphatic carbocycles. The zero-order chi connectivity index (χ0) is 14.8. The lowest BCUT2D eigenvalue weighted by Crippen LogP contribution is -2.43. The number of hydrogen-bond donors (Lipinski definition) is 1. The molecule has 0 spiro atoms. The van der Waals surface area contributed by atoms with E-state index in [1.807, 2.05) is 0 Å². The fourth-order valence-electron chi connectivity index (χ4n) is 3.08. The minimum absolute atomic E-state index is 0.489. The molecule has 1 N–H and O–H groups in total. The molecule has 2 atom stereocenters. The van der Waals surface area contributed by atoms with E-state index in [1.54, 1.807) is 0 Å². The highest BCUT2D eigenvalue weighted by Gasteiger charge is 2.34. The second-order valence-corrected chi connectivity index (χ2v) is 8.49. The molecule has 112 valence electrons. The molecule has 0 aromatic heterocycles. The number of benzene rings is 1. The largest absolute Gasteiger partial charge is 0.316 e. The minimum atomic E-state index is 0.489. The van der Waals surface area contributed by atoms with Gasteiger partial charge in [0.1, 0.15) is 0 Å². The van der Waals surface area contributed by atoms with Crippen LogP contribution in [0.1, 0.15) is 58.4 Å². The average molecular weight is 292 g/mol. The zero-order valence-electron chi connectivity index (χ0n) is 13.6. The van der Waals surface area contributed by atoms with Gasteiger partial charge in [-0.05, 0) is 55.3 Å². The number of rotatable bonds is 4. The van der Waals surface area contributed by atoms with Crippen molar-refractivity contribution in [3.05, 3.63) is 29.8 Å². The summed E-state index contributed by atoms with van der Waals surface area (Å²) in [7, 11) is 2.11. The zero-order valence-corrected chi connectivity index (χ0v) is 14.4. The molecule has 1 aromatic rings. The lowest BCUT2D eigenvalue weighted by Gasteiger charge is -2.40. The van der Waals surface area contributed by atoms with Crippen LogP contribution in [0.3, 0.4) is 0 Å². The Kier molecular flexibility index (Phi) is 5.19. The monoisotopic (exact) mass is 291 g/mol. The molecule has 2 rings (SSSR count). The SMILES string of the molecule is CNC1CCC(C)(C)CC1Sc1ccc(C(C)C)cc1. The lowest BCUT2D eigenvalue weighted by atomic mass is 9.75. The molecule has 2 unspecified atom stereocenters. The third kappa shape index (κ3) is 4.02. The number of hydrogen-bond acceptors (Lipinski definition) is 2. The van der Waals surface area contributed by atoms with Crippen LogP contribution in [-0.2, 0) is 0 Å². The van der Waals surface area contributed by atoms with Gasteiger partial charge in [0.15, 0.2) is 0 Å². The lowest BCUT2D eigenvalue weighted by molar-refractivity contribution is 0.218. The molecule has 0 radical (unpaired) electrons. The number of thioether (sulfide) groups is 1. The van der Waals surface area contributed by atoms with Crippen LogP contribution < -0.4 is 5.32 Å². The predicted octanol–water partition coefficient (Wildman–Crippen LogP) is 5.07. The predicted molar refractivity (Wildman–Crippen MR) is 90.7 cm³/mol. The van der Waals surface area contributed by atoms with Gasteiger partial charge in [-0.3, -0.25) is 0 Å². The van der Waals surface area contributed by atoms with Crippen molar-refractivity contribution in [2.75, 3.05) is 7.05 Å². The summed E-state index contributed by atoms with van der Waals surface area (Å²) >= 11 is 2.06. The second-order valence-electron chi connectivity index (χ2n) is 7.18. The fourth-order valence-corrected chi connectivity index (χ4v) is 4.69. The van der Waals surface area contributed by atoms with Crippen LogP contribution in [0.25, 0.3) is 0 Å². The molecular formula is C18H29NS. The number of nitrogens with one attached hydrogen (secondary N) is 1. The Bertz CT molecular complexity index is 422. The molecule has 1 fully saturated rings. The van der Waals surface area contributed by atoms with Gasteiger partial charge in [-0.1, -0.05) is 39.8 Å². The van der Waals surface area contributed by atoms with Gasteiger partial charge in [0.25, 0.3) is 0 Å². The maximum absolute atomic E-state index is 3.52. The average Bonchev–Trinajstić information content (AvgIpc) is 2.38. The Labute approximate surface area is 128 Å². The van der Waals surface area contributed by atoms with Gasteiger partial charge >= 0.3 is 0 Å². The molecule has 0 amide bonds. The summed E-state index contributed by atoms with van der Waals surface area (Å²) in [4.78, 5) is 1.41. The van der Waals surface area contributed by atoms with Crippen molar-refractivity contribution >= 4 is 11.8 Å². The van der Waals surface area contributed by atoms with Gasteiger partial charge < -0.3 is 5.32 Å². The fraction of sp³-hybridized carbons (Fsp3) is 0.667. The Balaban J connectivity index is 2.06. The van der Waals surface area contributed by atoms with Crippen molar-refractivity contribution in [1.29, 1.82) is 0 Å².